The minimum absolute atomic E-state index is 0.143. The first-order chi connectivity index (χ1) is 19.1. The highest BCUT2D eigenvalue weighted by molar-refractivity contribution is 6.20. The van der Waals surface area contributed by atoms with Crippen LogP contribution in [0.5, 0.6) is 0 Å². The van der Waals surface area contributed by atoms with E-state index >= 15 is 0 Å². The largest absolute Gasteiger partial charge is 0.0622 e. The summed E-state index contributed by atoms with van der Waals surface area (Å²) in [4.78, 5) is 0. The third-order valence-corrected chi connectivity index (χ3v) is 8.78. The number of rotatable bonds is 2. The number of hydrogen-bond acceptors (Lipinski definition) is 0. The molecule has 7 aromatic carbocycles. The Morgan fingerprint density at radius 2 is 0.949 bits per heavy atom. The molecule has 39 heavy (non-hydrogen) atoms. The fourth-order valence-electron chi connectivity index (χ4n) is 7.07. The molecule has 0 nitrogen and oxygen atoms in total. The molecule has 0 N–H and O–H groups in total. The highest BCUT2D eigenvalue weighted by Gasteiger charge is 2.39. The first-order valence-electron chi connectivity index (χ1n) is 13.8. The second kappa shape index (κ2) is 8.16. The molecule has 0 amide bonds. The Morgan fingerprint density at radius 3 is 1.62 bits per heavy atom. The lowest BCUT2D eigenvalue weighted by atomic mass is 9.77. The molecule has 1 aliphatic carbocycles. The predicted molar refractivity (Wildman–Crippen MR) is 167 cm³/mol. The Morgan fingerprint density at radius 1 is 0.385 bits per heavy atom. The summed E-state index contributed by atoms with van der Waals surface area (Å²) in [6.45, 7) is 4.84. The van der Waals surface area contributed by atoms with Crippen LogP contribution in [0.2, 0.25) is 0 Å². The molecule has 0 saturated heterocycles. The van der Waals surface area contributed by atoms with Crippen LogP contribution in [0.25, 0.3) is 65.7 Å². The molecule has 0 atom stereocenters. The summed E-state index contributed by atoms with van der Waals surface area (Å²) in [5, 5.41) is 8.01. The van der Waals surface area contributed by atoms with Gasteiger partial charge in [-0.3, -0.25) is 0 Å². The summed E-state index contributed by atoms with van der Waals surface area (Å²) in [7, 11) is 0. The Bertz CT molecular complexity index is 2060. The molecule has 0 heteroatoms. The van der Waals surface area contributed by atoms with Crippen molar-refractivity contribution in [2.75, 3.05) is 0 Å². The molecule has 8 rings (SSSR count). The van der Waals surface area contributed by atoms with Crippen molar-refractivity contribution in [3.05, 3.63) is 145 Å². The van der Waals surface area contributed by atoms with Gasteiger partial charge in [0.1, 0.15) is 0 Å². The van der Waals surface area contributed by atoms with E-state index in [0.29, 0.717) is 0 Å². The predicted octanol–water partition coefficient (Wildman–Crippen LogP) is 10.8. The molecule has 0 aromatic heterocycles. The Balaban J connectivity index is 1.54. The van der Waals surface area contributed by atoms with Crippen molar-refractivity contribution in [2.24, 2.45) is 0 Å². The quantitative estimate of drug-likeness (QED) is 0.209. The van der Waals surface area contributed by atoms with E-state index in [2.05, 4.69) is 147 Å². The number of hydrogen-bond donors (Lipinski definition) is 0. The van der Waals surface area contributed by atoms with E-state index < -0.39 is 0 Å². The molecule has 0 fully saturated rings. The summed E-state index contributed by atoms with van der Waals surface area (Å²) in [5.74, 6) is 0. The van der Waals surface area contributed by atoms with Gasteiger partial charge in [0.05, 0.1) is 0 Å². The maximum Gasteiger partial charge on any atom is 0.0171 e. The minimum atomic E-state index is -0.143. The molecule has 184 valence electrons. The van der Waals surface area contributed by atoms with Crippen LogP contribution < -0.4 is 0 Å². The number of benzene rings is 7. The molecule has 0 unspecified atom stereocenters. The summed E-state index contributed by atoms with van der Waals surface area (Å²) in [5.41, 5.74) is 10.5. The van der Waals surface area contributed by atoms with Crippen LogP contribution in [0.4, 0.5) is 0 Å². The zero-order valence-electron chi connectivity index (χ0n) is 22.2. The van der Waals surface area contributed by atoms with Gasteiger partial charge in [0.15, 0.2) is 0 Å². The smallest absolute Gasteiger partial charge is 0.0171 e. The van der Waals surface area contributed by atoms with Crippen molar-refractivity contribution in [3.63, 3.8) is 0 Å². The van der Waals surface area contributed by atoms with Gasteiger partial charge in [-0.05, 0) is 89.0 Å². The van der Waals surface area contributed by atoms with Gasteiger partial charge in [0.25, 0.3) is 0 Å². The maximum atomic E-state index is 2.43. The minimum Gasteiger partial charge on any atom is -0.0622 e. The highest BCUT2D eigenvalue weighted by atomic mass is 14.4. The molecule has 7 aromatic rings. The third kappa shape index (κ3) is 3.18. The van der Waals surface area contributed by atoms with Gasteiger partial charge in [0, 0.05) is 5.41 Å². The zero-order valence-corrected chi connectivity index (χ0v) is 22.2. The number of fused-ring (bicyclic) bond motifs is 10. The maximum absolute atomic E-state index is 2.43. The van der Waals surface area contributed by atoms with E-state index in [-0.39, 0.29) is 5.41 Å². The van der Waals surface area contributed by atoms with E-state index in [4.69, 9.17) is 0 Å². The van der Waals surface area contributed by atoms with E-state index in [0.717, 1.165) is 0 Å². The summed E-state index contributed by atoms with van der Waals surface area (Å²) in [6.07, 6.45) is 0. The Kier molecular flexibility index (Phi) is 4.67. The van der Waals surface area contributed by atoms with Gasteiger partial charge in [0.2, 0.25) is 0 Å². The molecular weight excluding hydrogens is 468 g/mol. The topological polar surface area (TPSA) is 0 Å². The van der Waals surface area contributed by atoms with Gasteiger partial charge in [-0.1, -0.05) is 135 Å². The van der Waals surface area contributed by atoms with E-state index in [1.165, 1.54) is 76.8 Å². The van der Waals surface area contributed by atoms with Gasteiger partial charge in [-0.2, -0.15) is 0 Å². The Hall–Kier alpha value is -4.68. The first kappa shape index (κ1) is 22.3. The normalized spacial score (nSPS) is 13.6. The lowest BCUT2D eigenvalue weighted by Crippen LogP contribution is -2.16. The third-order valence-electron chi connectivity index (χ3n) is 8.78. The first-order valence-corrected chi connectivity index (χ1v) is 13.8. The fraction of sp³-hybridized carbons (Fsp3) is 0.0769. The van der Waals surface area contributed by atoms with Crippen LogP contribution in [0.3, 0.4) is 0 Å². The van der Waals surface area contributed by atoms with Gasteiger partial charge in [-0.25, -0.2) is 0 Å². The molecule has 1 aliphatic rings. The van der Waals surface area contributed by atoms with Crippen molar-refractivity contribution in [1.29, 1.82) is 0 Å². The molecule has 0 bridgehead atoms. The van der Waals surface area contributed by atoms with Gasteiger partial charge < -0.3 is 0 Å². The van der Waals surface area contributed by atoms with E-state index in [1.54, 1.807) is 0 Å². The second-order valence-corrected chi connectivity index (χ2v) is 11.3. The molecule has 0 aliphatic heterocycles. The van der Waals surface area contributed by atoms with Crippen molar-refractivity contribution >= 4 is 32.3 Å². The molecular formula is C39H28. The van der Waals surface area contributed by atoms with E-state index in [9.17, 15) is 0 Å². The summed E-state index contributed by atoms with van der Waals surface area (Å²) >= 11 is 0. The average molecular weight is 497 g/mol. The summed E-state index contributed by atoms with van der Waals surface area (Å²) in [6, 6.07) is 49.2. The fourth-order valence-corrected chi connectivity index (χ4v) is 7.07. The van der Waals surface area contributed by atoms with Gasteiger partial charge in [-0.15, -0.1) is 0 Å². The van der Waals surface area contributed by atoms with Crippen LogP contribution in [-0.4, -0.2) is 0 Å². The van der Waals surface area contributed by atoms with Gasteiger partial charge >= 0.3 is 0 Å². The van der Waals surface area contributed by atoms with Crippen molar-refractivity contribution in [2.45, 2.75) is 19.3 Å². The van der Waals surface area contributed by atoms with E-state index in [1.807, 2.05) is 0 Å². The van der Waals surface area contributed by atoms with Crippen LogP contribution in [0, 0.1) is 0 Å². The average Bonchev–Trinajstić information content (AvgIpc) is 3.25. The second-order valence-electron chi connectivity index (χ2n) is 11.3. The van der Waals surface area contributed by atoms with Crippen molar-refractivity contribution in [3.8, 4) is 33.4 Å². The Labute approximate surface area is 229 Å². The molecule has 0 spiro atoms. The van der Waals surface area contributed by atoms with Crippen LogP contribution in [0.1, 0.15) is 25.0 Å². The van der Waals surface area contributed by atoms with Crippen LogP contribution in [-0.2, 0) is 5.41 Å². The van der Waals surface area contributed by atoms with Crippen LogP contribution in [0.15, 0.2) is 133 Å². The lowest BCUT2D eigenvalue weighted by Gasteiger charge is -2.25. The van der Waals surface area contributed by atoms with Crippen molar-refractivity contribution < 1.29 is 0 Å². The standard InChI is InChI=1S/C39H28/c1-39(2)37-30-16-10-9-15-27(30)17-22-33(37)36-34-23-28(25-11-5-3-6-12-25)18-20-31(34)32-21-19-29(24-35(32)38(36)39)26-13-7-4-8-14-26/h3-24H,1-2H3. The molecule has 0 radical (unpaired) electrons. The van der Waals surface area contributed by atoms with Crippen LogP contribution >= 0.6 is 0 Å². The zero-order chi connectivity index (χ0) is 26.1. The molecule has 0 heterocycles. The highest BCUT2D eigenvalue weighted by Crippen LogP contribution is 2.56. The summed E-state index contributed by atoms with van der Waals surface area (Å²) < 4.78 is 0. The lowest BCUT2D eigenvalue weighted by molar-refractivity contribution is 0.672. The van der Waals surface area contributed by atoms with Crippen molar-refractivity contribution in [1.82, 2.24) is 0 Å². The molecule has 0 saturated carbocycles. The monoisotopic (exact) mass is 496 g/mol. The SMILES string of the molecule is CC1(C)c2c(ccc3ccccc23)-c2c1c1cc(-c3ccccc3)ccc1c1ccc(-c3ccccc3)cc21.